The van der Waals surface area contributed by atoms with E-state index in [9.17, 15) is 4.79 Å². The van der Waals surface area contributed by atoms with Crippen LogP contribution in [0.1, 0.15) is 11.1 Å². The fourth-order valence-corrected chi connectivity index (χ4v) is 2.02. The number of ether oxygens (including phenoxy) is 1. The van der Waals surface area contributed by atoms with Crippen molar-refractivity contribution < 1.29 is 9.15 Å². The maximum absolute atomic E-state index is 11.9. The minimum absolute atomic E-state index is 0.000420. The number of hydrogen-bond acceptors (Lipinski definition) is 4. The minimum atomic E-state index is -0.326. The molecule has 1 aromatic heterocycles. The topological polar surface area (TPSA) is 63.2 Å². The van der Waals surface area contributed by atoms with Crippen molar-refractivity contribution >= 4 is 11.0 Å². The van der Waals surface area contributed by atoms with Crippen molar-refractivity contribution in [2.75, 3.05) is 0 Å². The first-order valence-electron chi connectivity index (χ1n) is 6.40. The van der Waals surface area contributed by atoms with Gasteiger partial charge in [0.05, 0.1) is 5.39 Å². The lowest BCUT2D eigenvalue weighted by molar-refractivity contribution is 0.306. The Bertz CT molecular complexity index is 876. The molecule has 0 bridgehead atoms. The molecule has 0 aliphatic heterocycles. The Morgan fingerprint density at radius 1 is 1.14 bits per heavy atom. The number of hydrogen-bond donors (Lipinski definition) is 0. The van der Waals surface area contributed by atoms with Gasteiger partial charge in [-0.05, 0) is 17.7 Å². The van der Waals surface area contributed by atoms with E-state index < -0.39 is 0 Å². The molecule has 0 unspecified atom stereocenters. The quantitative estimate of drug-likeness (QED) is 0.737. The van der Waals surface area contributed by atoms with Crippen LogP contribution in [0.25, 0.3) is 11.0 Å². The van der Waals surface area contributed by atoms with Gasteiger partial charge in [-0.15, -0.1) is 0 Å². The third-order valence-corrected chi connectivity index (χ3v) is 3.11. The monoisotopic (exact) mass is 277 g/mol. The molecule has 0 amide bonds. The van der Waals surface area contributed by atoms with Crippen LogP contribution in [0.2, 0.25) is 0 Å². The summed E-state index contributed by atoms with van der Waals surface area (Å²) in [6, 6.07) is 16.6. The highest BCUT2D eigenvalue weighted by Gasteiger charge is 2.07. The lowest BCUT2D eigenvalue weighted by atomic mass is 10.2. The highest BCUT2D eigenvalue weighted by atomic mass is 16.5. The lowest BCUT2D eigenvalue weighted by Gasteiger charge is -2.06. The standard InChI is InChI=1S/C17H11NO3/c18-9-13-11-21-16-8-14(6-7-15(16)17(13)19)20-10-12-4-2-1-3-5-12/h1-8,11H,10H2. The van der Waals surface area contributed by atoms with Crippen LogP contribution in [-0.2, 0) is 6.61 Å². The average molecular weight is 277 g/mol. The zero-order chi connectivity index (χ0) is 14.7. The highest BCUT2D eigenvalue weighted by Crippen LogP contribution is 2.20. The molecule has 2 aromatic carbocycles. The van der Waals surface area contributed by atoms with Crippen molar-refractivity contribution in [2.24, 2.45) is 0 Å². The third kappa shape index (κ3) is 2.63. The number of benzene rings is 2. The fourth-order valence-electron chi connectivity index (χ4n) is 2.02. The van der Waals surface area contributed by atoms with E-state index in [1.807, 2.05) is 36.4 Å². The summed E-state index contributed by atoms with van der Waals surface area (Å²) >= 11 is 0. The van der Waals surface area contributed by atoms with Crippen LogP contribution < -0.4 is 10.2 Å². The van der Waals surface area contributed by atoms with E-state index in [0.29, 0.717) is 23.3 Å². The Kier molecular flexibility index (Phi) is 3.40. The second kappa shape index (κ2) is 5.51. The van der Waals surface area contributed by atoms with Crippen LogP contribution >= 0.6 is 0 Å². The van der Waals surface area contributed by atoms with E-state index in [1.54, 1.807) is 18.2 Å². The molecule has 3 aromatic rings. The zero-order valence-electron chi connectivity index (χ0n) is 11.1. The Morgan fingerprint density at radius 3 is 2.71 bits per heavy atom. The molecule has 0 saturated heterocycles. The van der Waals surface area contributed by atoms with E-state index >= 15 is 0 Å². The van der Waals surface area contributed by atoms with Crippen molar-refractivity contribution in [3.8, 4) is 11.8 Å². The first kappa shape index (κ1) is 12.9. The van der Waals surface area contributed by atoms with Gasteiger partial charge < -0.3 is 9.15 Å². The number of rotatable bonds is 3. The summed E-state index contributed by atoms with van der Waals surface area (Å²) in [4.78, 5) is 11.9. The SMILES string of the molecule is N#Cc1coc2cc(OCc3ccccc3)ccc2c1=O. The summed E-state index contributed by atoms with van der Waals surface area (Å²) in [5.41, 5.74) is 1.14. The number of nitriles is 1. The van der Waals surface area contributed by atoms with Crippen molar-refractivity contribution in [3.05, 3.63) is 76.1 Å². The molecular formula is C17H11NO3. The van der Waals surface area contributed by atoms with Gasteiger partial charge in [0.1, 0.15) is 35.8 Å². The molecule has 1 heterocycles. The molecule has 0 aliphatic rings. The Labute approximate surface area is 120 Å². The van der Waals surface area contributed by atoms with Crippen LogP contribution in [0.15, 0.2) is 64.0 Å². The van der Waals surface area contributed by atoms with Crippen molar-refractivity contribution in [2.45, 2.75) is 6.61 Å². The molecule has 0 radical (unpaired) electrons. The fraction of sp³-hybridized carbons (Fsp3) is 0.0588. The second-order valence-electron chi connectivity index (χ2n) is 4.52. The molecule has 0 spiro atoms. The van der Waals surface area contributed by atoms with E-state index in [0.717, 1.165) is 5.56 Å². The van der Waals surface area contributed by atoms with Gasteiger partial charge in [0, 0.05) is 6.07 Å². The van der Waals surface area contributed by atoms with Gasteiger partial charge in [0.25, 0.3) is 0 Å². The second-order valence-corrected chi connectivity index (χ2v) is 4.52. The van der Waals surface area contributed by atoms with Gasteiger partial charge in [-0.3, -0.25) is 4.79 Å². The molecule has 0 N–H and O–H groups in total. The molecule has 4 heteroatoms. The van der Waals surface area contributed by atoms with Crippen LogP contribution in [0.3, 0.4) is 0 Å². The molecular weight excluding hydrogens is 266 g/mol. The molecule has 3 rings (SSSR count). The van der Waals surface area contributed by atoms with Gasteiger partial charge in [0.15, 0.2) is 0 Å². The minimum Gasteiger partial charge on any atom is -0.489 e. The van der Waals surface area contributed by atoms with E-state index in [4.69, 9.17) is 14.4 Å². The first-order chi connectivity index (χ1) is 10.3. The number of fused-ring (bicyclic) bond motifs is 1. The van der Waals surface area contributed by atoms with Crippen LogP contribution in [0.4, 0.5) is 0 Å². The molecule has 4 nitrogen and oxygen atoms in total. The van der Waals surface area contributed by atoms with Gasteiger partial charge in [0.2, 0.25) is 5.43 Å². The number of nitrogens with zero attached hydrogens (tertiary/aromatic N) is 1. The molecule has 0 saturated carbocycles. The van der Waals surface area contributed by atoms with Crippen molar-refractivity contribution in [1.82, 2.24) is 0 Å². The van der Waals surface area contributed by atoms with Gasteiger partial charge in [-0.2, -0.15) is 5.26 Å². The summed E-state index contributed by atoms with van der Waals surface area (Å²) < 4.78 is 11.0. The van der Waals surface area contributed by atoms with Gasteiger partial charge in [-0.1, -0.05) is 30.3 Å². The van der Waals surface area contributed by atoms with E-state index in [2.05, 4.69) is 0 Å². The van der Waals surface area contributed by atoms with E-state index in [-0.39, 0.29) is 11.0 Å². The largest absolute Gasteiger partial charge is 0.489 e. The predicted octanol–water partition coefficient (Wildman–Crippen LogP) is 3.24. The maximum atomic E-state index is 11.9. The summed E-state index contributed by atoms with van der Waals surface area (Å²) in [5.74, 6) is 0.610. The van der Waals surface area contributed by atoms with Crippen molar-refractivity contribution in [3.63, 3.8) is 0 Å². The summed E-state index contributed by atoms with van der Waals surface area (Å²) in [7, 11) is 0. The predicted molar refractivity (Wildman–Crippen MR) is 78.0 cm³/mol. The summed E-state index contributed by atoms with van der Waals surface area (Å²) in [6.07, 6.45) is 1.17. The Balaban J connectivity index is 1.89. The average Bonchev–Trinajstić information content (AvgIpc) is 2.54. The maximum Gasteiger partial charge on any atom is 0.210 e. The smallest absolute Gasteiger partial charge is 0.210 e. The normalized spacial score (nSPS) is 10.2. The zero-order valence-corrected chi connectivity index (χ0v) is 11.1. The highest BCUT2D eigenvalue weighted by molar-refractivity contribution is 5.78. The van der Waals surface area contributed by atoms with E-state index in [1.165, 1.54) is 6.26 Å². The Morgan fingerprint density at radius 2 is 1.95 bits per heavy atom. The van der Waals surface area contributed by atoms with Gasteiger partial charge >= 0.3 is 0 Å². The molecule has 0 atom stereocenters. The third-order valence-electron chi connectivity index (χ3n) is 3.11. The molecule has 0 fully saturated rings. The van der Waals surface area contributed by atoms with Crippen molar-refractivity contribution in [1.29, 1.82) is 5.26 Å². The van der Waals surface area contributed by atoms with Crippen LogP contribution in [0, 0.1) is 11.3 Å². The van der Waals surface area contributed by atoms with Gasteiger partial charge in [-0.25, -0.2) is 0 Å². The molecule has 21 heavy (non-hydrogen) atoms. The van der Waals surface area contributed by atoms with Crippen LogP contribution in [0.5, 0.6) is 5.75 Å². The van der Waals surface area contributed by atoms with Crippen LogP contribution in [-0.4, -0.2) is 0 Å². The lowest BCUT2D eigenvalue weighted by Crippen LogP contribution is -2.05. The molecule has 0 aliphatic carbocycles. The summed E-state index contributed by atoms with van der Waals surface area (Å²) in [6.45, 7) is 0.437. The molecule has 102 valence electrons. The Hall–Kier alpha value is -3.06. The summed E-state index contributed by atoms with van der Waals surface area (Å²) in [5, 5.41) is 9.18. The first-order valence-corrected chi connectivity index (χ1v) is 6.40.